The van der Waals surface area contributed by atoms with E-state index in [-0.39, 0.29) is 11.7 Å². The average molecular weight is 484 g/mol. The summed E-state index contributed by atoms with van der Waals surface area (Å²) in [5.41, 5.74) is 3.80. The predicted octanol–water partition coefficient (Wildman–Crippen LogP) is 5.35. The third-order valence-corrected chi connectivity index (χ3v) is 6.34. The van der Waals surface area contributed by atoms with Gasteiger partial charge in [0.05, 0.1) is 21.5 Å². The van der Waals surface area contributed by atoms with Crippen LogP contribution in [0.2, 0.25) is 10.0 Å². The molecule has 2 heterocycles. The molecule has 1 N–H and O–H groups in total. The highest BCUT2D eigenvalue weighted by atomic mass is 35.5. The molecule has 162 valence electrons. The smallest absolute Gasteiger partial charge is 0.230 e. The number of halogens is 2. The van der Waals surface area contributed by atoms with Crippen LogP contribution in [-0.2, 0) is 11.3 Å². The first-order valence-electron chi connectivity index (χ1n) is 9.77. The molecule has 0 fully saturated rings. The Bertz CT molecular complexity index is 1230. The van der Waals surface area contributed by atoms with Crippen LogP contribution < -0.4 is 5.32 Å². The maximum absolute atomic E-state index is 12.4. The lowest BCUT2D eigenvalue weighted by molar-refractivity contribution is -0.118. The van der Waals surface area contributed by atoms with Crippen molar-refractivity contribution < 1.29 is 4.79 Å². The number of aromatic nitrogens is 4. The molecular weight excluding hydrogens is 465 g/mol. The van der Waals surface area contributed by atoms with Crippen molar-refractivity contribution in [3.8, 4) is 17.1 Å². The summed E-state index contributed by atoms with van der Waals surface area (Å²) in [4.78, 5) is 16.4. The van der Waals surface area contributed by atoms with Crippen LogP contribution >= 0.6 is 35.0 Å². The standard InChI is InChI=1S/C23H19Cl2N5OS/c1-15-2-4-17(5-3-15)22-28-29-23(30(22)18-6-7-19(24)20(25)12-18)32-14-21(31)27-13-16-8-10-26-11-9-16/h2-12H,13-14H2,1H3,(H,27,31). The number of carbonyl (C=O) groups is 1. The Morgan fingerprint density at radius 1 is 1.00 bits per heavy atom. The van der Waals surface area contributed by atoms with Gasteiger partial charge in [-0.15, -0.1) is 10.2 Å². The van der Waals surface area contributed by atoms with Crippen molar-refractivity contribution >= 4 is 40.9 Å². The van der Waals surface area contributed by atoms with Gasteiger partial charge in [-0.2, -0.15) is 0 Å². The van der Waals surface area contributed by atoms with Gasteiger partial charge in [0.1, 0.15) is 0 Å². The number of hydrogen-bond donors (Lipinski definition) is 1. The monoisotopic (exact) mass is 483 g/mol. The maximum Gasteiger partial charge on any atom is 0.230 e. The third-order valence-electron chi connectivity index (χ3n) is 4.68. The van der Waals surface area contributed by atoms with Crippen LogP contribution in [0.15, 0.2) is 72.1 Å². The molecule has 4 aromatic rings. The fraction of sp³-hybridized carbons (Fsp3) is 0.130. The first kappa shape index (κ1) is 22.3. The molecular formula is C23H19Cl2N5OS. The summed E-state index contributed by atoms with van der Waals surface area (Å²) >= 11 is 13.7. The molecule has 0 aliphatic carbocycles. The zero-order valence-corrected chi connectivity index (χ0v) is 19.5. The Morgan fingerprint density at radius 2 is 1.75 bits per heavy atom. The minimum atomic E-state index is -0.104. The van der Waals surface area contributed by atoms with E-state index in [4.69, 9.17) is 23.2 Å². The van der Waals surface area contributed by atoms with Gasteiger partial charge in [-0.05, 0) is 42.8 Å². The van der Waals surface area contributed by atoms with Crippen LogP contribution in [0.1, 0.15) is 11.1 Å². The number of nitrogens with one attached hydrogen (secondary N) is 1. The lowest BCUT2D eigenvalue weighted by Crippen LogP contribution is -2.24. The molecule has 1 amide bonds. The molecule has 0 aliphatic rings. The van der Waals surface area contributed by atoms with Gasteiger partial charge in [-0.3, -0.25) is 14.3 Å². The fourth-order valence-electron chi connectivity index (χ4n) is 2.99. The first-order chi connectivity index (χ1) is 15.5. The van der Waals surface area contributed by atoms with Crippen LogP contribution in [0.25, 0.3) is 17.1 Å². The van der Waals surface area contributed by atoms with Crippen molar-refractivity contribution in [1.29, 1.82) is 0 Å². The minimum absolute atomic E-state index is 0.104. The minimum Gasteiger partial charge on any atom is -0.351 e. The van der Waals surface area contributed by atoms with E-state index in [0.717, 1.165) is 22.4 Å². The molecule has 0 radical (unpaired) electrons. The van der Waals surface area contributed by atoms with Crippen LogP contribution in [-0.4, -0.2) is 31.4 Å². The van der Waals surface area contributed by atoms with E-state index in [2.05, 4.69) is 20.5 Å². The van der Waals surface area contributed by atoms with Crippen LogP contribution in [0, 0.1) is 6.92 Å². The van der Waals surface area contributed by atoms with Gasteiger partial charge >= 0.3 is 0 Å². The lowest BCUT2D eigenvalue weighted by atomic mass is 10.1. The van der Waals surface area contributed by atoms with Gasteiger partial charge in [-0.25, -0.2) is 0 Å². The van der Waals surface area contributed by atoms with E-state index in [9.17, 15) is 4.79 Å². The van der Waals surface area contributed by atoms with Crippen molar-refractivity contribution in [2.75, 3.05) is 5.75 Å². The largest absolute Gasteiger partial charge is 0.351 e. The zero-order valence-electron chi connectivity index (χ0n) is 17.1. The maximum atomic E-state index is 12.4. The fourth-order valence-corrected chi connectivity index (χ4v) is 4.07. The molecule has 0 aliphatic heterocycles. The van der Waals surface area contributed by atoms with Crippen molar-refractivity contribution in [2.45, 2.75) is 18.6 Å². The second kappa shape index (κ2) is 10.2. The number of pyridine rings is 1. The molecule has 0 saturated carbocycles. The highest BCUT2D eigenvalue weighted by Gasteiger charge is 2.18. The van der Waals surface area contributed by atoms with Gasteiger partial charge in [0.15, 0.2) is 11.0 Å². The third kappa shape index (κ3) is 5.30. The second-order valence-electron chi connectivity index (χ2n) is 7.03. The van der Waals surface area contributed by atoms with E-state index < -0.39 is 0 Å². The lowest BCUT2D eigenvalue weighted by Gasteiger charge is -2.11. The molecule has 32 heavy (non-hydrogen) atoms. The SMILES string of the molecule is Cc1ccc(-c2nnc(SCC(=O)NCc3ccncc3)n2-c2ccc(Cl)c(Cl)c2)cc1. The van der Waals surface area contributed by atoms with E-state index >= 15 is 0 Å². The molecule has 2 aromatic heterocycles. The molecule has 0 spiro atoms. The number of hydrogen-bond acceptors (Lipinski definition) is 5. The Hall–Kier alpha value is -2.87. The van der Waals surface area contributed by atoms with Gasteiger partial charge in [-0.1, -0.05) is 64.8 Å². The second-order valence-corrected chi connectivity index (χ2v) is 8.78. The summed E-state index contributed by atoms with van der Waals surface area (Å²) < 4.78 is 1.88. The molecule has 4 rings (SSSR count). The molecule has 0 atom stereocenters. The molecule has 2 aromatic carbocycles. The number of nitrogens with zero attached hydrogens (tertiary/aromatic N) is 4. The van der Waals surface area contributed by atoms with Gasteiger partial charge in [0, 0.05) is 24.5 Å². The molecule has 0 unspecified atom stereocenters. The number of amides is 1. The van der Waals surface area contributed by atoms with Crippen LogP contribution in [0.5, 0.6) is 0 Å². The molecule has 9 heteroatoms. The Kier molecular flexibility index (Phi) is 7.09. The topological polar surface area (TPSA) is 72.7 Å². The number of rotatable bonds is 7. The summed E-state index contributed by atoms with van der Waals surface area (Å²) in [5.74, 6) is 0.744. The van der Waals surface area contributed by atoms with Crippen molar-refractivity contribution in [3.63, 3.8) is 0 Å². The van der Waals surface area contributed by atoms with Crippen molar-refractivity contribution in [3.05, 3.63) is 88.2 Å². The predicted molar refractivity (Wildman–Crippen MR) is 128 cm³/mol. The van der Waals surface area contributed by atoms with E-state index in [1.54, 1.807) is 24.5 Å². The highest BCUT2D eigenvalue weighted by molar-refractivity contribution is 7.99. The quantitative estimate of drug-likeness (QED) is 0.358. The summed E-state index contributed by atoms with van der Waals surface area (Å²) in [6, 6.07) is 17.1. The van der Waals surface area contributed by atoms with Crippen molar-refractivity contribution in [1.82, 2.24) is 25.1 Å². The van der Waals surface area contributed by atoms with E-state index in [1.807, 2.05) is 54.0 Å². The van der Waals surface area contributed by atoms with Crippen LogP contribution in [0.3, 0.4) is 0 Å². The molecule has 0 saturated heterocycles. The highest BCUT2D eigenvalue weighted by Crippen LogP contribution is 2.31. The number of benzene rings is 2. The number of thioether (sulfide) groups is 1. The van der Waals surface area contributed by atoms with Gasteiger partial charge < -0.3 is 5.32 Å². The van der Waals surface area contributed by atoms with Crippen molar-refractivity contribution in [2.24, 2.45) is 0 Å². The van der Waals surface area contributed by atoms with Crippen LogP contribution in [0.4, 0.5) is 0 Å². The van der Waals surface area contributed by atoms with Gasteiger partial charge in [0.25, 0.3) is 0 Å². The molecule has 6 nitrogen and oxygen atoms in total. The first-order valence-corrected chi connectivity index (χ1v) is 11.5. The Balaban J connectivity index is 1.58. The summed E-state index contributed by atoms with van der Waals surface area (Å²) in [5, 5.41) is 13.1. The summed E-state index contributed by atoms with van der Waals surface area (Å²) in [6.45, 7) is 2.47. The zero-order chi connectivity index (χ0) is 22.5. The summed E-state index contributed by atoms with van der Waals surface area (Å²) in [7, 11) is 0. The normalized spacial score (nSPS) is 10.8. The van der Waals surface area contributed by atoms with E-state index in [1.165, 1.54) is 11.8 Å². The number of carbonyl (C=O) groups excluding carboxylic acids is 1. The number of aryl methyl sites for hydroxylation is 1. The average Bonchev–Trinajstić information content (AvgIpc) is 3.23. The Labute approximate surface area is 200 Å². The summed E-state index contributed by atoms with van der Waals surface area (Å²) in [6.07, 6.45) is 3.39. The van der Waals surface area contributed by atoms with E-state index in [0.29, 0.717) is 27.6 Å². The molecule has 0 bridgehead atoms. The van der Waals surface area contributed by atoms with Gasteiger partial charge in [0.2, 0.25) is 5.91 Å². The Morgan fingerprint density at radius 3 is 2.47 bits per heavy atom.